The van der Waals surface area contributed by atoms with E-state index in [0.717, 1.165) is 12.2 Å². The first-order valence-electron chi connectivity index (χ1n) is 15.3. The molecule has 6 rings (SSSR count). The number of nitrogens with one attached hydrogen (secondary N) is 2. The first-order valence-corrected chi connectivity index (χ1v) is 18.3. The van der Waals surface area contributed by atoms with Crippen LogP contribution >= 0.6 is 0 Å². The third kappa shape index (κ3) is 7.52. The van der Waals surface area contributed by atoms with Gasteiger partial charge in [0.15, 0.2) is 10.5 Å². The number of carbonyl (C=O) groups excluding carboxylic acids is 5. The SMILES string of the molecule is O=C(Nc1cccc(C(=O)N=C2C(=O)C(S(=O)(=O)O)C=C3CC=CC=C32)c1)Nc1cccc(C(=O)N=C2C(=O)C(S(=O)(=O)O)C=C3CC=CC=C32)c1. The number of urea groups is 1. The van der Waals surface area contributed by atoms with Crippen LogP contribution in [0.4, 0.5) is 16.2 Å². The van der Waals surface area contributed by atoms with E-state index < -0.39 is 71.6 Å². The Morgan fingerprint density at radius 3 is 1.44 bits per heavy atom. The average Bonchev–Trinajstić information content (AvgIpc) is 3.09. The molecule has 0 radical (unpaired) electrons. The molecule has 2 aromatic carbocycles. The number of hydrogen-bond donors (Lipinski definition) is 4. The summed E-state index contributed by atoms with van der Waals surface area (Å²) in [4.78, 5) is 73.0. The van der Waals surface area contributed by atoms with E-state index >= 15 is 0 Å². The molecule has 0 fully saturated rings. The zero-order valence-electron chi connectivity index (χ0n) is 26.6. The van der Waals surface area contributed by atoms with E-state index in [4.69, 9.17) is 0 Å². The van der Waals surface area contributed by atoms with Crippen LogP contribution in [0.3, 0.4) is 0 Å². The third-order valence-electron chi connectivity index (χ3n) is 8.17. The van der Waals surface area contributed by atoms with Gasteiger partial charge in [-0.3, -0.25) is 28.3 Å². The lowest BCUT2D eigenvalue weighted by molar-refractivity contribution is -0.112. The molecular formula is C35H26N4O11S2. The van der Waals surface area contributed by atoms with Crippen LogP contribution in [0.5, 0.6) is 0 Å². The number of carbonyl (C=O) groups is 5. The number of anilines is 2. The van der Waals surface area contributed by atoms with E-state index in [9.17, 15) is 49.9 Å². The van der Waals surface area contributed by atoms with E-state index in [1.807, 2.05) is 0 Å². The molecule has 0 saturated carbocycles. The Morgan fingerprint density at radius 2 is 1.06 bits per heavy atom. The fourth-order valence-electron chi connectivity index (χ4n) is 5.74. The van der Waals surface area contributed by atoms with Crippen LogP contribution in [0.25, 0.3) is 0 Å². The first kappa shape index (κ1) is 35.8. The summed E-state index contributed by atoms with van der Waals surface area (Å²) in [5.74, 6) is -3.99. The predicted octanol–water partition coefficient (Wildman–Crippen LogP) is 3.80. The average molecular weight is 743 g/mol. The van der Waals surface area contributed by atoms with Crippen molar-refractivity contribution in [2.45, 2.75) is 23.3 Å². The predicted molar refractivity (Wildman–Crippen MR) is 190 cm³/mol. The van der Waals surface area contributed by atoms with Crippen molar-refractivity contribution in [2.75, 3.05) is 10.6 Å². The minimum atomic E-state index is -4.83. The molecule has 0 bridgehead atoms. The summed E-state index contributed by atoms with van der Waals surface area (Å²) >= 11 is 0. The van der Waals surface area contributed by atoms with Crippen molar-refractivity contribution in [3.05, 3.63) is 131 Å². The van der Waals surface area contributed by atoms with Gasteiger partial charge in [-0.05, 0) is 60.4 Å². The van der Waals surface area contributed by atoms with Gasteiger partial charge in [0.05, 0.1) is 0 Å². The summed E-state index contributed by atoms with van der Waals surface area (Å²) < 4.78 is 66.7. The fraction of sp³-hybridized carbons (Fsp3) is 0.114. The lowest BCUT2D eigenvalue weighted by Crippen LogP contribution is -2.39. The van der Waals surface area contributed by atoms with E-state index in [2.05, 4.69) is 20.6 Å². The van der Waals surface area contributed by atoms with Gasteiger partial charge in [0.2, 0.25) is 11.6 Å². The zero-order valence-corrected chi connectivity index (χ0v) is 28.2. The largest absolute Gasteiger partial charge is 0.323 e. The molecule has 4 amide bonds. The molecule has 0 aliphatic heterocycles. The number of amides is 4. The Balaban J connectivity index is 1.18. The molecule has 264 valence electrons. The van der Waals surface area contributed by atoms with Crippen LogP contribution in [-0.2, 0) is 29.8 Å². The van der Waals surface area contributed by atoms with Crippen LogP contribution in [0.15, 0.2) is 129 Å². The van der Waals surface area contributed by atoms with E-state index in [-0.39, 0.29) is 46.5 Å². The molecule has 52 heavy (non-hydrogen) atoms. The minimum Gasteiger partial charge on any atom is -0.308 e. The van der Waals surface area contributed by atoms with Gasteiger partial charge in [0, 0.05) is 33.6 Å². The highest BCUT2D eigenvalue weighted by atomic mass is 32.2. The Morgan fingerprint density at radius 1 is 0.654 bits per heavy atom. The summed E-state index contributed by atoms with van der Waals surface area (Å²) in [6.45, 7) is 0. The summed E-state index contributed by atoms with van der Waals surface area (Å²) in [5.41, 5.74) is 0.560. The van der Waals surface area contributed by atoms with E-state index in [1.54, 1.807) is 24.3 Å². The second kappa shape index (κ2) is 14.0. The fourth-order valence-corrected chi connectivity index (χ4v) is 7.18. The molecule has 2 aromatic rings. The molecular weight excluding hydrogens is 717 g/mol. The number of hydrogen-bond acceptors (Lipinski definition) is 9. The maximum atomic E-state index is 13.2. The topological polar surface area (TPSA) is 243 Å². The van der Waals surface area contributed by atoms with Crippen LogP contribution in [0, 0.1) is 0 Å². The molecule has 4 N–H and O–H groups in total. The quantitative estimate of drug-likeness (QED) is 0.310. The number of ketones is 2. The molecule has 0 saturated heterocycles. The second-order valence-electron chi connectivity index (χ2n) is 11.7. The number of benzene rings is 2. The van der Waals surface area contributed by atoms with Crippen molar-refractivity contribution in [3.63, 3.8) is 0 Å². The van der Waals surface area contributed by atoms with Gasteiger partial charge in [-0.2, -0.15) is 16.8 Å². The number of Topliss-reactive ketones (excluding diaryl/α,β-unsaturated/α-hetero) is 2. The van der Waals surface area contributed by atoms with Gasteiger partial charge in [-0.25, -0.2) is 14.8 Å². The summed E-state index contributed by atoms with van der Waals surface area (Å²) in [7, 11) is -9.66. The minimum absolute atomic E-state index is 0.0636. The number of rotatable bonds is 6. The van der Waals surface area contributed by atoms with Crippen LogP contribution in [0.2, 0.25) is 0 Å². The Kier molecular flexibility index (Phi) is 9.61. The van der Waals surface area contributed by atoms with Gasteiger partial charge in [-0.15, -0.1) is 0 Å². The monoisotopic (exact) mass is 742 g/mol. The summed E-state index contributed by atoms with van der Waals surface area (Å²) in [6.07, 6.45) is 12.4. The highest BCUT2D eigenvalue weighted by molar-refractivity contribution is 7.87. The summed E-state index contributed by atoms with van der Waals surface area (Å²) in [6, 6.07) is 10.2. The number of aliphatic imine (C=N–C) groups is 2. The molecule has 4 aliphatic carbocycles. The summed E-state index contributed by atoms with van der Waals surface area (Å²) in [5, 5.41) is 1.21. The lowest BCUT2D eigenvalue weighted by Gasteiger charge is -2.23. The molecule has 17 heteroatoms. The van der Waals surface area contributed by atoms with Gasteiger partial charge < -0.3 is 10.6 Å². The van der Waals surface area contributed by atoms with Crippen LogP contribution in [0.1, 0.15) is 33.6 Å². The van der Waals surface area contributed by atoms with Crippen molar-refractivity contribution >= 4 is 72.4 Å². The standard InChI is InChI=1S/C35H26N4O11S2/c40-31-27(51(45,46)47)17-19-7-1-3-13-25(19)29(31)38-33(42)21-9-5-11-23(15-21)36-35(44)37-24-12-6-10-22(16-24)34(43)39-30-26-14-4-2-8-20(26)18-28(32(30)41)52(48,49)50/h1-6,9-18,27-28H,7-8H2,(H2,36,37,44)(H,45,46,47)(H,48,49,50). The van der Waals surface area contributed by atoms with Crippen LogP contribution in [-0.4, -0.2) is 77.3 Å². The van der Waals surface area contributed by atoms with Gasteiger partial charge in [-0.1, -0.05) is 60.7 Å². The first-order chi connectivity index (χ1) is 24.6. The maximum absolute atomic E-state index is 13.2. The second-order valence-corrected chi connectivity index (χ2v) is 14.8. The Hall–Kier alpha value is -6.01. The molecule has 0 heterocycles. The Labute approximate surface area is 296 Å². The van der Waals surface area contributed by atoms with Crippen molar-refractivity contribution in [1.29, 1.82) is 0 Å². The highest BCUT2D eigenvalue weighted by Crippen LogP contribution is 2.31. The molecule has 0 spiro atoms. The molecule has 2 unspecified atom stereocenters. The lowest BCUT2D eigenvalue weighted by atomic mass is 9.86. The molecule has 2 atom stereocenters. The van der Waals surface area contributed by atoms with Crippen molar-refractivity contribution in [2.24, 2.45) is 9.98 Å². The molecule has 15 nitrogen and oxygen atoms in total. The number of allylic oxidation sites excluding steroid dienone is 10. The highest BCUT2D eigenvalue weighted by Gasteiger charge is 2.40. The maximum Gasteiger partial charge on any atom is 0.323 e. The van der Waals surface area contributed by atoms with Gasteiger partial charge in [0.1, 0.15) is 11.4 Å². The molecule has 4 aliphatic rings. The number of fused-ring (bicyclic) bond motifs is 2. The van der Waals surface area contributed by atoms with E-state index in [1.165, 1.54) is 60.7 Å². The number of nitrogens with zero attached hydrogens (tertiary/aromatic N) is 2. The smallest absolute Gasteiger partial charge is 0.308 e. The van der Waals surface area contributed by atoms with Crippen molar-refractivity contribution in [1.82, 2.24) is 0 Å². The van der Waals surface area contributed by atoms with Crippen molar-refractivity contribution in [3.8, 4) is 0 Å². The van der Waals surface area contributed by atoms with Gasteiger partial charge >= 0.3 is 6.03 Å². The molecule has 0 aromatic heterocycles. The van der Waals surface area contributed by atoms with Crippen LogP contribution < -0.4 is 10.6 Å². The third-order valence-corrected chi connectivity index (χ3v) is 10.2. The Bertz CT molecular complexity index is 2300. The van der Waals surface area contributed by atoms with Crippen molar-refractivity contribution < 1.29 is 49.9 Å². The van der Waals surface area contributed by atoms with E-state index in [0.29, 0.717) is 11.1 Å². The van der Waals surface area contributed by atoms with Gasteiger partial charge in [0.25, 0.3) is 32.1 Å². The normalized spacial score (nSPS) is 21.3. The zero-order chi connectivity index (χ0) is 37.4.